The fourth-order valence-corrected chi connectivity index (χ4v) is 7.57. The van der Waals surface area contributed by atoms with Crippen LogP contribution in [0.3, 0.4) is 0 Å². The van der Waals surface area contributed by atoms with Gasteiger partial charge in [-0.3, -0.25) is 24.3 Å². The molecule has 3 unspecified atom stereocenters. The van der Waals surface area contributed by atoms with Gasteiger partial charge in [0.05, 0.1) is 28.7 Å². The third-order valence-corrected chi connectivity index (χ3v) is 10.4. The SMILES string of the molecule is C=CCCC(C(=O)NC)N1C(=C)c2ccc(N3CC(C#CC(C=NC(C)(C)C(=O)Nc4ccc(C#N)c5c4C4CCC5C4)=CN)C3)cc2C1=O. The van der Waals surface area contributed by atoms with E-state index in [1.807, 2.05) is 30.3 Å². The molecule has 2 aromatic rings. The van der Waals surface area contributed by atoms with Gasteiger partial charge in [0.25, 0.3) is 11.8 Å². The first-order chi connectivity index (χ1) is 24.0. The highest BCUT2D eigenvalue weighted by Gasteiger charge is 2.42. The van der Waals surface area contributed by atoms with E-state index in [-0.39, 0.29) is 23.6 Å². The monoisotopic (exact) mass is 669 g/mol. The topological polar surface area (TPSA) is 144 Å². The third kappa shape index (κ3) is 6.18. The Kier molecular flexibility index (Phi) is 9.40. The molecule has 3 amide bonds. The minimum absolute atomic E-state index is 0.0791. The number of hydrogen-bond acceptors (Lipinski definition) is 7. The first kappa shape index (κ1) is 34.3. The first-order valence-corrected chi connectivity index (χ1v) is 17.1. The second kappa shape index (κ2) is 13.7. The number of benzene rings is 2. The van der Waals surface area contributed by atoms with Crippen molar-refractivity contribution in [1.29, 1.82) is 5.26 Å². The lowest BCUT2D eigenvalue weighted by atomic mass is 9.87. The van der Waals surface area contributed by atoms with Gasteiger partial charge in [-0.05, 0) is 93.2 Å². The molecule has 2 bridgehead atoms. The molecule has 10 nitrogen and oxygen atoms in total. The van der Waals surface area contributed by atoms with Crippen LogP contribution in [0.4, 0.5) is 11.4 Å². The lowest BCUT2D eigenvalue weighted by Gasteiger charge is -2.38. The Morgan fingerprint density at radius 1 is 1.16 bits per heavy atom. The van der Waals surface area contributed by atoms with E-state index in [0.717, 1.165) is 47.3 Å². The smallest absolute Gasteiger partial charge is 0.259 e. The summed E-state index contributed by atoms with van der Waals surface area (Å²) < 4.78 is 0. The number of carbonyl (C=O) groups is 3. The van der Waals surface area contributed by atoms with Crippen molar-refractivity contribution in [1.82, 2.24) is 10.2 Å². The van der Waals surface area contributed by atoms with E-state index in [2.05, 4.69) is 51.6 Å². The van der Waals surface area contributed by atoms with E-state index >= 15 is 0 Å². The van der Waals surface area contributed by atoms with Gasteiger partial charge in [0.15, 0.2) is 0 Å². The molecule has 0 radical (unpaired) electrons. The molecular formula is C40H43N7O3. The number of hydrogen-bond donors (Lipinski definition) is 3. The lowest BCUT2D eigenvalue weighted by Crippen LogP contribution is -2.46. The summed E-state index contributed by atoms with van der Waals surface area (Å²) in [6.07, 6.45) is 8.93. The van der Waals surface area contributed by atoms with Gasteiger partial charge in [-0.15, -0.1) is 6.58 Å². The number of fused-ring (bicyclic) bond motifs is 6. The van der Waals surface area contributed by atoms with E-state index in [0.29, 0.717) is 60.2 Å². The number of aliphatic imine (C=N–C) groups is 1. The van der Waals surface area contributed by atoms with Crippen molar-refractivity contribution < 1.29 is 14.4 Å². The van der Waals surface area contributed by atoms with Crippen LogP contribution in [0, 0.1) is 29.1 Å². The molecule has 6 rings (SSSR count). The molecule has 1 saturated heterocycles. The van der Waals surface area contributed by atoms with Crippen molar-refractivity contribution >= 4 is 41.0 Å². The summed E-state index contributed by atoms with van der Waals surface area (Å²) in [6, 6.07) is 11.0. The van der Waals surface area contributed by atoms with Gasteiger partial charge in [0, 0.05) is 55.2 Å². The molecule has 10 heteroatoms. The molecule has 4 N–H and O–H groups in total. The van der Waals surface area contributed by atoms with Crippen LogP contribution >= 0.6 is 0 Å². The molecular weight excluding hydrogens is 626 g/mol. The van der Waals surface area contributed by atoms with E-state index in [4.69, 9.17) is 5.73 Å². The molecule has 3 atom stereocenters. The number of anilines is 2. The maximum Gasteiger partial charge on any atom is 0.259 e. The molecule has 2 aliphatic heterocycles. The van der Waals surface area contributed by atoms with Gasteiger partial charge in [-0.2, -0.15) is 5.26 Å². The van der Waals surface area contributed by atoms with Crippen LogP contribution in [0.1, 0.15) is 90.4 Å². The number of nitriles is 1. The summed E-state index contributed by atoms with van der Waals surface area (Å²) in [6.45, 7) is 12.7. The fourth-order valence-electron chi connectivity index (χ4n) is 7.57. The Morgan fingerprint density at radius 2 is 1.90 bits per heavy atom. The van der Waals surface area contributed by atoms with Gasteiger partial charge < -0.3 is 21.3 Å². The molecule has 2 aliphatic carbocycles. The van der Waals surface area contributed by atoms with Crippen LogP contribution in [0.5, 0.6) is 0 Å². The summed E-state index contributed by atoms with van der Waals surface area (Å²) in [5.74, 6) is 6.51. The predicted octanol–water partition coefficient (Wildman–Crippen LogP) is 5.20. The summed E-state index contributed by atoms with van der Waals surface area (Å²) in [5, 5.41) is 15.4. The largest absolute Gasteiger partial charge is 0.404 e. The number of likely N-dealkylation sites (N-methyl/N-ethyl adjacent to an activating group) is 1. The number of nitrogens with two attached hydrogens (primary N) is 1. The standard InChI is InChI=1S/C40H43N7O3/c1-6-7-8-34(37(48)43-5)47-24(2)31-15-14-30(18-32(31)38(47)49)46-22-26(23-46)10-9-25(19-41)21-44-40(3,4)39(50)45-33-16-13-29(20-42)35-27-11-12-28(17-27)36(33)35/h6,13-16,18-19,21,26-28,34H,1-2,7-8,11-12,17,22-23,41H2,3-5H3,(H,43,48)(H,45,50). The number of carbonyl (C=O) groups excluding carboxylic acids is 3. The maximum atomic E-state index is 13.5. The zero-order valence-corrected chi connectivity index (χ0v) is 28.9. The highest BCUT2D eigenvalue weighted by atomic mass is 16.2. The normalized spacial score (nSPS) is 20.1. The third-order valence-electron chi connectivity index (χ3n) is 10.4. The molecule has 0 spiro atoms. The highest BCUT2D eigenvalue weighted by Crippen LogP contribution is 2.56. The van der Waals surface area contributed by atoms with Crippen molar-refractivity contribution in [2.45, 2.75) is 69.4 Å². The van der Waals surface area contributed by atoms with Crippen molar-refractivity contribution in [3.8, 4) is 17.9 Å². The van der Waals surface area contributed by atoms with Crippen LogP contribution in [0.2, 0.25) is 0 Å². The fraction of sp³-hybridized carbons (Fsp3) is 0.375. The molecule has 2 aromatic carbocycles. The van der Waals surface area contributed by atoms with Crippen LogP contribution < -0.4 is 21.3 Å². The van der Waals surface area contributed by atoms with E-state index in [9.17, 15) is 19.6 Å². The lowest BCUT2D eigenvalue weighted by molar-refractivity contribution is -0.124. The average molecular weight is 670 g/mol. The summed E-state index contributed by atoms with van der Waals surface area (Å²) in [5.41, 5.74) is 11.7. The van der Waals surface area contributed by atoms with E-state index in [1.54, 1.807) is 33.2 Å². The van der Waals surface area contributed by atoms with Crippen molar-refractivity contribution in [2.24, 2.45) is 16.6 Å². The van der Waals surface area contributed by atoms with Crippen LogP contribution in [-0.2, 0) is 9.59 Å². The van der Waals surface area contributed by atoms with Gasteiger partial charge in [0.1, 0.15) is 11.6 Å². The Bertz CT molecular complexity index is 1950. The average Bonchev–Trinajstić information content (AvgIpc) is 3.79. The highest BCUT2D eigenvalue weighted by molar-refractivity contribution is 6.11. The summed E-state index contributed by atoms with van der Waals surface area (Å²) in [7, 11) is 1.56. The van der Waals surface area contributed by atoms with Gasteiger partial charge in [-0.1, -0.05) is 30.6 Å². The Morgan fingerprint density at radius 3 is 2.58 bits per heavy atom. The van der Waals surface area contributed by atoms with Crippen LogP contribution in [0.15, 0.2) is 66.3 Å². The molecule has 4 aliphatic rings. The molecule has 50 heavy (non-hydrogen) atoms. The Labute approximate surface area is 293 Å². The predicted molar refractivity (Wildman–Crippen MR) is 196 cm³/mol. The first-order valence-electron chi connectivity index (χ1n) is 17.1. The Hall–Kier alpha value is -5.61. The number of nitrogens with zero attached hydrogens (tertiary/aromatic N) is 4. The van der Waals surface area contributed by atoms with Crippen LogP contribution in [0.25, 0.3) is 5.70 Å². The second-order valence-electron chi connectivity index (χ2n) is 13.9. The molecule has 1 saturated carbocycles. The minimum Gasteiger partial charge on any atom is -0.404 e. The van der Waals surface area contributed by atoms with E-state index < -0.39 is 11.6 Å². The Balaban J connectivity index is 1.07. The minimum atomic E-state index is -1.08. The van der Waals surface area contributed by atoms with Crippen molar-refractivity contribution in [3.63, 3.8) is 0 Å². The summed E-state index contributed by atoms with van der Waals surface area (Å²) in [4.78, 5) is 47.8. The van der Waals surface area contributed by atoms with Crippen molar-refractivity contribution in [3.05, 3.63) is 89.2 Å². The van der Waals surface area contributed by atoms with Gasteiger partial charge in [-0.25, -0.2) is 0 Å². The van der Waals surface area contributed by atoms with Crippen LogP contribution in [-0.4, -0.2) is 60.6 Å². The van der Waals surface area contributed by atoms with E-state index in [1.165, 1.54) is 11.1 Å². The number of amides is 3. The quantitative estimate of drug-likeness (QED) is 0.180. The van der Waals surface area contributed by atoms with Gasteiger partial charge >= 0.3 is 0 Å². The molecule has 2 fully saturated rings. The number of nitrogens with one attached hydrogen (secondary N) is 2. The molecule has 256 valence electrons. The maximum absolute atomic E-state index is 13.5. The van der Waals surface area contributed by atoms with Gasteiger partial charge in [0.2, 0.25) is 5.91 Å². The zero-order valence-electron chi connectivity index (χ0n) is 28.9. The van der Waals surface area contributed by atoms with Crippen molar-refractivity contribution in [2.75, 3.05) is 30.4 Å². The second-order valence-corrected chi connectivity index (χ2v) is 13.9. The molecule has 0 aromatic heterocycles. The molecule has 2 heterocycles. The zero-order chi connectivity index (χ0) is 35.7. The number of rotatable bonds is 10. The summed E-state index contributed by atoms with van der Waals surface area (Å²) >= 11 is 0. The number of allylic oxidation sites excluding steroid dienone is 2.